The quantitative estimate of drug-likeness (QED) is 0.637. The molecular formula is C11H14N6OS. The first-order valence-corrected chi connectivity index (χ1v) is 7.23. The summed E-state index contributed by atoms with van der Waals surface area (Å²) in [5.41, 5.74) is 1.37. The summed E-state index contributed by atoms with van der Waals surface area (Å²) in [5.74, 6) is 0.392. The zero-order valence-corrected chi connectivity index (χ0v) is 11.4. The molecule has 2 aromatic heterocycles. The number of rotatable bonds is 5. The van der Waals surface area contributed by atoms with E-state index in [1.807, 2.05) is 6.92 Å². The molecule has 7 nitrogen and oxygen atoms in total. The van der Waals surface area contributed by atoms with Gasteiger partial charge in [0.25, 0.3) is 0 Å². The highest BCUT2D eigenvalue weighted by Crippen LogP contribution is 2.23. The minimum absolute atomic E-state index is 0.0437. The Balaban J connectivity index is 1.73. The molecule has 3 rings (SSSR count). The van der Waals surface area contributed by atoms with Gasteiger partial charge in [-0.05, 0) is 19.8 Å². The van der Waals surface area contributed by atoms with Crippen LogP contribution >= 0.6 is 11.8 Å². The van der Waals surface area contributed by atoms with E-state index in [4.69, 9.17) is 0 Å². The molecule has 0 atom stereocenters. The Bertz CT molecular complexity index is 608. The van der Waals surface area contributed by atoms with Crippen LogP contribution in [0.5, 0.6) is 0 Å². The Kier molecular flexibility index (Phi) is 3.33. The Morgan fingerprint density at radius 1 is 1.53 bits per heavy atom. The van der Waals surface area contributed by atoms with Gasteiger partial charge < -0.3 is 5.32 Å². The van der Waals surface area contributed by atoms with Crippen molar-refractivity contribution in [3.8, 4) is 0 Å². The maximum absolute atomic E-state index is 11.6. The predicted molar refractivity (Wildman–Crippen MR) is 70.7 cm³/mol. The SMILES string of the molecule is CCn1nnc2c(SCC(=O)NC3CC3)ncnc21. The lowest BCUT2D eigenvalue weighted by Gasteiger charge is -2.02. The maximum Gasteiger partial charge on any atom is 0.230 e. The third kappa shape index (κ3) is 2.67. The van der Waals surface area contributed by atoms with Gasteiger partial charge in [0, 0.05) is 12.6 Å². The number of carbonyl (C=O) groups excluding carboxylic acids is 1. The van der Waals surface area contributed by atoms with Gasteiger partial charge in [-0.2, -0.15) is 0 Å². The first kappa shape index (κ1) is 12.3. The number of fused-ring (bicyclic) bond motifs is 1. The first-order valence-electron chi connectivity index (χ1n) is 6.24. The topological polar surface area (TPSA) is 85.6 Å². The van der Waals surface area contributed by atoms with E-state index >= 15 is 0 Å². The van der Waals surface area contributed by atoms with Crippen molar-refractivity contribution in [3.63, 3.8) is 0 Å². The van der Waals surface area contributed by atoms with Gasteiger partial charge in [0.15, 0.2) is 11.2 Å². The van der Waals surface area contributed by atoms with E-state index in [0.717, 1.165) is 12.8 Å². The van der Waals surface area contributed by atoms with E-state index in [1.165, 1.54) is 18.1 Å². The number of amides is 1. The normalized spacial score (nSPS) is 14.8. The van der Waals surface area contributed by atoms with Crippen LogP contribution in [0.15, 0.2) is 11.4 Å². The van der Waals surface area contributed by atoms with Crippen LogP contribution in [0.2, 0.25) is 0 Å². The van der Waals surface area contributed by atoms with Crippen molar-refractivity contribution < 1.29 is 4.79 Å². The number of thioether (sulfide) groups is 1. The summed E-state index contributed by atoms with van der Waals surface area (Å²) in [4.78, 5) is 20.0. The van der Waals surface area contributed by atoms with Crippen LogP contribution in [0.1, 0.15) is 19.8 Å². The molecular weight excluding hydrogens is 264 g/mol. The van der Waals surface area contributed by atoms with Crippen LogP contribution in [0.25, 0.3) is 11.2 Å². The number of aromatic nitrogens is 5. The molecule has 2 heterocycles. The number of aryl methyl sites for hydroxylation is 1. The number of carbonyl (C=O) groups is 1. The van der Waals surface area contributed by atoms with Crippen molar-refractivity contribution in [1.29, 1.82) is 0 Å². The Morgan fingerprint density at radius 2 is 2.37 bits per heavy atom. The molecule has 0 spiro atoms. The highest BCUT2D eigenvalue weighted by molar-refractivity contribution is 8.00. The van der Waals surface area contributed by atoms with Crippen molar-refractivity contribution in [1.82, 2.24) is 30.3 Å². The van der Waals surface area contributed by atoms with Gasteiger partial charge in [-0.15, -0.1) is 5.10 Å². The molecule has 1 amide bonds. The Labute approximate surface area is 114 Å². The van der Waals surface area contributed by atoms with Gasteiger partial charge in [-0.3, -0.25) is 4.79 Å². The van der Waals surface area contributed by atoms with Gasteiger partial charge in [0.1, 0.15) is 11.4 Å². The summed E-state index contributed by atoms with van der Waals surface area (Å²) < 4.78 is 1.71. The van der Waals surface area contributed by atoms with E-state index < -0.39 is 0 Å². The molecule has 0 saturated heterocycles. The van der Waals surface area contributed by atoms with Crippen LogP contribution < -0.4 is 5.32 Å². The van der Waals surface area contributed by atoms with Crippen molar-refractivity contribution in [2.24, 2.45) is 0 Å². The smallest absolute Gasteiger partial charge is 0.230 e. The summed E-state index contributed by atoms with van der Waals surface area (Å²) in [5, 5.41) is 11.7. The third-order valence-electron chi connectivity index (χ3n) is 2.85. The second-order valence-electron chi connectivity index (χ2n) is 4.39. The van der Waals surface area contributed by atoms with Crippen molar-refractivity contribution in [2.75, 3.05) is 5.75 Å². The lowest BCUT2D eigenvalue weighted by Crippen LogP contribution is -2.27. The van der Waals surface area contributed by atoms with E-state index in [0.29, 0.717) is 34.5 Å². The molecule has 1 aliphatic rings. The predicted octanol–water partition coefficient (Wildman–Crippen LogP) is 0.612. The summed E-state index contributed by atoms with van der Waals surface area (Å²) in [6, 6.07) is 0.388. The summed E-state index contributed by atoms with van der Waals surface area (Å²) in [7, 11) is 0. The van der Waals surface area contributed by atoms with Crippen molar-refractivity contribution in [3.05, 3.63) is 6.33 Å². The fourth-order valence-electron chi connectivity index (χ4n) is 1.72. The molecule has 1 N–H and O–H groups in total. The van der Waals surface area contributed by atoms with Gasteiger partial charge in [0.05, 0.1) is 5.75 Å². The average molecular weight is 278 g/mol. The fraction of sp³-hybridized carbons (Fsp3) is 0.545. The fourth-order valence-corrected chi connectivity index (χ4v) is 2.46. The molecule has 0 aliphatic heterocycles. The van der Waals surface area contributed by atoms with E-state index in [9.17, 15) is 4.79 Å². The average Bonchev–Trinajstić information content (AvgIpc) is 3.12. The van der Waals surface area contributed by atoms with Crippen molar-refractivity contribution in [2.45, 2.75) is 37.4 Å². The van der Waals surface area contributed by atoms with Crippen LogP contribution in [0.3, 0.4) is 0 Å². The molecule has 1 fully saturated rings. The molecule has 0 aromatic carbocycles. The van der Waals surface area contributed by atoms with Crippen LogP contribution in [0, 0.1) is 0 Å². The molecule has 2 aromatic rings. The second kappa shape index (κ2) is 5.12. The van der Waals surface area contributed by atoms with Gasteiger partial charge in [0.2, 0.25) is 5.91 Å². The largest absolute Gasteiger partial charge is 0.353 e. The Morgan fingerprint density at radius 3 is 3.11 bits per heavy atom. The zero-order valence-electron chi connectivity index (χ0n) is 10.5. The summed E-state index contributed by atoms with van der Waals surface area (Å²) in [6.45, 7) is 2.69. The molecule has 1 aliphatic carbocycles. The number of hydrogen-bond acceptors (Lipinski definition) is 6. The van der Waals surface area contributed by atoms with Crippen LogP contribution in [-0.2, 0) is 11.3 Å². The number of nitrogens with zero attached hydrogens (tertiary/aromatic N) is 5. The molecule has 0 radical (unpaired) electrons. The lowest BCUT2D eigenvalue weighted by atomic mass is 10.5. The summed E-state index contributed by atoms with van der Waals surface area (Å²) in [6.07, 6.45) is 3.68. The lowest BCUT2D eigenvalue weighted by molar-refractivity contribution is -0.118. The number of hydrogen-bond donors (Lipinski definition) is 1. The molecule has 1 saturated carbocycles. The monoisotopic (exact) mass is 278 g/mol. The van der Waals surface area contributed by atoms with Gasteiger partial charge in [-0.1, -0.05) is 17.0 Å². The molecule has 100 valence electrons. The second-order valence-corrected chi connectivity index (χ2v) is 5.35. The first-order chi connectivity index (χ1) is 9.28. The van der Waals surface area contributed by atoms with Gasteiger partial charge in [-0.25, -0.2) is 14.6 Å². The number of nitrogens with one attached hydrogen (secondary N) is 1. The highest BCUT2D eigenvalue weighted by Gasteiger charge is 2.23. The molecule has 0 unspecified atom stereocenters. The highest BCUT2D eigenvalue weighted by atomic mass is 32.2. The van der Waals surface area contributed by atoms with Crippen LogP contribution in [0.4, 0.5) is 0 Å². The minimum atomic E-state index is 0.0437. The maximum atomic E-state index is 11.6. The Hall–Kier alpha value is -1.70. The molecule has 19 heavy (non-hydrogen) atoms. The van der Waals surface area contributed by atoms with Crippen LogP contribution in [-0.4, -0.2) is 42.7 Å². The molecule has 0 bridgehead atoms. The standard InChI is InChI=1S/C11H14N6OS/c1-2-17-10-9(15-16-17)11(13-6-12-10)19-5-8(18)14-7-3-4-7/h6-7H,2-5H2,1H3,(H,14,18). The zero-order chi connectivity index (χ0) is 13.2. The van der Waals surface area contributed by atoms with E-state index in [1.54, 1.807) is 4.68 Å². The van der Waals surface area contributed by atoms with E-state index in [-0.39, 0.29) is 5.91 Å². The summed E-state index contributed by atoms with van der Waals surface area (Å²) >= 11 is 1.37. The molecule has 8 heteroatoms. The minimum Gasteiger partial charge on any atom is -0.353 e. The van der Waals surface area contributed by atoms with Gasteiger partial charge >= 0.3 is 0 Å². The van der Waals surface area contributed by atoms with E-state index in [2.05, 4.69) is 25.6 Å². The van der Waals surface area contributed by atoms with Crippen molar-refractivity contribution >= 4 is 28.8 Å². The third-order valence-corrected chi connectivity index (χ3v) is 3.83.